The fraction of sp³-hybridized carbons (Fsp3) is 0.226. The molecule has 262 valence electrons. The SMILES string of the molecule is CC1C(c2ccccn2)=CC(c2ccc(C3=CC4=C(CC3)C3CC3c3c4cc(C4=C(C5=CCC=C5)C=CCC4)c4ccccc34)cc2)=CC1C1=CCC=C1. The summed E-state index contributed by atoms with van der Waals surface area (Å²) in [5.74, 6) is 2.08. The highest BCUT2D eigenvalue weighted by atomic mass is 14.7. The van der Waals surface area contributed by atoms with Crippen molar-refractivity contribution in [2.24, 2.45) is 17.8 Å². The second-order valence-electron chi connectivity index (χ2n) is 16.3. The molecule has 54 heavy (non-hydrogen) atoms. The van der Waals surface area contributed by atoms with Crippen LogP contribution in [0.15, 0.2) is 168 Å². The van der Waals surface area contributed by atoms with E-state index in [0.29, 0.717) is 23.7 Å². The van der Waals surface area contributed by atoms with Gasteiger partial charge < -0.3 is 0 Å². The van der Waals surface area contributed by atoms with Crippen LogP contribution in [0.3, 0.4) is 0 Å². The Labute approximate surface area is 319 Å². The van der Waals surface area contributed by atoms with Gasteiger partial charge in [-0.1, -0.05) is 128 Å². The summed E-state index contributed by atoms with van der Waals surface area (Å²) in [4.78, 5) is 4.79. The van der Waals surface area contributed by atoms with Crippen molar-refractivity contribution in [1.29, 1.82) is 0 Å². The minimum atomic E-state index is 0.341. The minimum absolute atomic E-state index is 0.341. The summed E-state index contributed by atoms with van der Waals surface area (Å²) in [6.07, 6.45) is 36.0. The molecular weight excluding hydrogens is 651 g/mol. The van der Waals surface area contributed by atoms with E-state index in [1.54, 1.807) is 11.1 Å². The van der Waals surface area contributed by atoms with Crippen molar-refractivity contribution in [2.75, 3.05) is 0 Å². The summed E-state index contributed by atoms with van der Waals surface area (Å²) in [5.41, 5.74) is 21.3. The largest absolute Gasteiger partial charge is 0.257 e. The fourth-order valence-corrected chi connectivity index (χ4v) is 10.5. The molecule has 1 heterocycles. The first-order valence-electron chi connectivity index (χ1n) is 20.3. The molecule has 4 unspecified atom stereocenters. The molecule has 1 nitrogen and oxygen atoms in total. The average molecular weight is 696 g/mol. The first kappa shape index (κ1) is 31.9. The Morgan fingerprint density at radius 3 is 2.31 bits per heavy atom. The summed E-state index contributed by atoms with van der Waals surface area (Å²) in [7, 11) is 0. The zero-order valence-electron chi connectivity index (χ0n) is 31.1. The number of nitrogens with zero attached hydrogens (tertiary/aromatic N) is 1. The Bertz CT molecular complexity index is 2570. The lowest BCUT2D eigenvalue weighted by Gasteiger charge is -2.30. The zero-order valence-corrected chi connectivity index (χ0v) is 31.1. The Kier molecular flexibility index (Phi) is 7.58. The molecule has 0 amide bonds. The third-order valence-corrected chi connectivity index (χ3v) is 13.3. The topological polar surface area (TPSA) is 12.9 Å². The number of rotatable bonds is 6. The smallest absolute Gasteiger partial charge is 0.0664 e. The number of benzene rings is 3. The van der Waals surface area contributed by atoms with E-state index in [0.717, 1.165) is 37.8 Å². The van der Waals surface area contributed by atoms with Crippen molar-refractivity contribution in [3.8, 4) is 0 Å². The minimum Gasteiger partial charge on any atom is -0.257 e. The maximum absolute atomic E-state index is 4.79. The van der Waals surface area contributed by atoms with E-state index in [-0.39, 0.29) is 0 Å². The van der Waals surface area contributed by atoms with Crippen LogP contribution in [0.25, 0.3) is 38.6 Å². The van der Waals surface area contributed by atoms with Gasteiger partial charge in [0.05, 0.1) is 5.69 Å². The molecule has 4 aromatic rings. The van der Waals surface area contributed by atoms with Gasteiger partial charge in [-0.3, -0.25) is 4.98 Å². The number of hydrogen-bond donors (Lipinski definition) is 0. The summed E-state index contributed by atoms with van der Waals surface area (Å²) < 4.78 is 0. The predicted molar refractivity (Wildman–Crippen MR) is 227 cm³/mol. The molecule has 0 radical (unpaired) electrons. The van der Waals surface area contributed by atoms with Gasteiger partial charge in [-0.25, -0.2) is 0 Å². The molecular formula is C53H45N. The lowest BCUT2D eigenvalue weighted by atomic mass is 9.74. The van der Waals surface area contributed by atoms with Crippen LogP contribution in [0, 0.1) is 17.8 Å². The molecule has 0 bridgehead atoms. The normalized spacial score (nSPS) is 25.2. The van der Waals surface area contributed by atoms with Crippen LogP contribution in [-0.4, -0.2) is 4.98 Å². The Morgan fingerprint density at radius 2 is 1.50 bits per heavy atom. The lowest BCUT2D eigenvalue weighted by molar-refractivity contribution is 0.604. The van der Waals surface area contributed by atoms with E-state index < -0.39 is 0 Å². The molecule has 0 aliphatic heterocycles. The standard InChI is InChI=1S/C53H45N/c1-33-45(37-14-4-5-15-37)29-39(30-46(33)52-20-10-11-27-54-52)35-23-21-34(22-24-35)38-25-26-43-47(28-38)50-31-48(41-17-7-6-16-40(41)36-12-2-3-13-36)42-18-8-9-19-44(42)53(50)51-32-49(43)51/h2,4,6,8-16,18-24,27-31,33,45,49,51H,3,5,7,17,25-26,32H2,1H3. The molecule has 7 aliphatic carbocycles. The summed E-state index contributed by atoms with van der Waals surface area (Å²) in [6, 6.07) is 27.7. The molecule has 1 fully saturated rings. The first-order chi connectivity index (χ1) is 26.7. The molecule has 0 saturated heterocycles. The Balaban J connectivity index is 0.988. The number of aromatic nitrogens is 1. The molecule has 3 aromatic carbocycles. The van der Waals surface area contributed by atoms with E-state index in [1.807, 2.05) is 12.3 Å². The van der Waals surface area contributed by atoms with Crippen LogP contribution < -0.4 is 0 Å². The molecule has 0 N–H and O–H groups in total. The average Bonchev–Trinajstić information content (AvgIpc) is 3.54. The van der Waals surface area contributed by atoms with Crippen molar-refractivity contribution in [2.45, 2.75) is 57.8 Å². The van der Waals surface area contributed by atoms with Gasteiger partial charge >= 0.3 is 0 Å². The van der Waals surface area contributed by atoms with Crippen molar-refractivity contribution in [3.05, 3.63) is 202 Å². The fourth-order valence-electron chi connectivity index (χ4n) is 10.5. The quantitative estimate of drug-likeness (QED) is 0.196. The van der Waals surface area contributed by atoms with E-state index >= 15 is 0 Å². The highest BCUT2D eigenvalue weighted by molar-refractivity contribution is 6.04. The van der Waals surface area contributed by atoms with Gasteiger partial charge in [0.15, 0.2) is 0 Å². The van der Waals surface area contributed by atoms with Gasteiger partial charge in [0.1, 0.15) is 0 Å². The summed E-state index contributed by atoms with van der Waals surface area (Å²) in [6.45, 7) is 2.36. The molecule has 11 rings (SSSR count). The van der Waals surface area contributed by atoms with Crippen molar-refractivity contribution in [3.63, 3.8) is 0 Å². The third kappa shape index (κ3) is 5.24. The molecule has 4 atom stereocenters. The second kappa shape index (κ2) is 12.8. The van der Waals surface area contributed by atoms with Crippen molar-refractivity contribution >= 4 is 38.6 Å². The van der Waals surface area contributed by atoms with Crippen molar-refractivity contribution < 1.29 is 0 Å². The van der Waals surface area contributed by atoms with Gasteiger partial charge in [-0.05, 0) is 170 Å². The van der Waals surface area contributed by atoms with Crippen LogP contribution in [0.4, 0.5) is 0 Å². The van der Waals surface area contributed by atoms with E-state index in [2.05, 4.69) is 140 Å². The zero-order chi connectivity index (χ0) is 35.8. The van der Waals surface area contributed by atoms with Crippen molar-refractivity contribution in [1.82, 2.24) is 4.98 Å². The molecule has 1 heteroatoms. The first-order valence-corrected chi connectivity index (χ1v) is 20.3. The van der Waals surface area contributed by atoms with Gasteiger partial charge in [0, 0.05) is 12.1 Å². The van der Waals surface area contributed by atoms with Crippen LogP contribution in [-0.2, 0) is 0 Å². The molecule has 7 aliphatic rings. The van der Waals surface area contributed by atoms with E-state index in [1.165, 1.54) is 90.5 Å². The number of hydrogen-bond acceptors (Lipinski definition) is 1. The molecule has 1 aromatic heterocycles. The molecule has 0 spiro atoms. The predicted octanol–water partition coefficient (Wildman–Crippen LogP) is 13.6. The van der Waals surface area contributed by atoms with Crippen LogP contribution in [0.5, 0.6) is 0 Å². The number of pyridine rings is 1. The maximum atomic E-state index is 4.79. The third-order valence-electron chi connectivity index (χ3n) is 13.3. The summed E-state index contributed by atoms with van der Waals surface area (Å²) in [5, 5.41) is 2.91. The van der Waals surface area contributed by atoms with Crippen LogP contribution in [0.1, 0.15) is 91.3 Å². The van der Waals surface area contributed by atoms with Crippen LogP contribution in [0.2, 0.25) is 0 Å². The van der Waals surface area contributed by atoms with E-state index in [4.69, 9.17) is 4.98 Å². The molecule has 1 saturated carbocycles. The van der Waals surface area contributed by atoms with Gasteiger partial charge in [0.25, 0.3) is 0 Å². The van der Waals surface area contributed by atoms with Gasteiger partial charge in [-0.15, -0.1) is 0 Å². The highest BCUT2D eigenvalue weighted by Crippen LogP contribution is 2.63. The Morgan fingerprint density at radius 1 is 0.667 bits per heavy atom. The number of allylic oxidation sites excluding steroid dienone is 20. The lowest BCUT2D eigenvalue weighted by Crippen LogP contribution is -2.17. The Hall–Kier alpha value is -5.53. The van der Waals surface area contributed by atoms with Gasteiger partial charge in [-0.2, -0.15) is 0 Å². The van der Waals surface area contributed by atoms with E-state index in [9.17, 15) is 0 Å². The second-order valence-corrected chi connectivity index (χ2v) is 16.3. The monoisotopic (exact) mass is 695 g/mol. The summed E-state index contributed by atoms with van der Waals surface area (Å²) >= 11 is 0. The van der Waals surface area contributed by atoms with Crippen LogP contribution >= 0.6 is 0 Å². The number of fused-ring (bicyclic) bond motifs is 7. The maximum Gasteiger partial charge on any atom is 0.0664 e. The van der Waals surface area contributed by atoms with Gasteiger partial charge in [0.2, 0.25) is 0 Å². The highest BCUT2D eigenvalue weighted by Gasteiger charge is 2.48.